The lowest BCUT2D eigenvalue weighted by atomic mass is 10.1. The van der Waals surface area contributed by atoms with E-state index in [0.717, 1.165) is 5.56 Å². The number of hydrogen-bond donors (Lipinski definition) is 3. The quantitative estimate of drug-likeness (QED) is 0.744. The van der Waals surface area contributed by atoms with Gasteiger partial charge in [0.2, 0.25) is 0 Å². The van der Waals surface area contributed by atoms with Crippen LogP contribution in [-0.2, 0) is 6.54 Å². The number of hydrogen-bond acceptors (Lipinski definition) is 4. The lowest BCUT2D eigenvalue weighted by Gasteiger charge is -2.18. The highest BCUT2D eigenvalue weighted by Crippen LogP contribution is 2.25. The van der Waals surface area contributed by atoms with Crippen molar-refractivity contribution in [3.05, 3.63) is 53.6 Å². The molecule has 0 fully saturated rings. The Morgan fingerprint density at radius 2 is 1.95 bits per heavy atom. The number of nitrogens with zero attached hydrogens (tertiary/aromatic N) is 1. The van der Waals surface area contributed by atoms with Gasteiger partial charge in [-0.3, -0.25) is 4.79 Å². The fourth-order valence-electron chi connectivity index (χ4n) is 1.89. The van der Waals surface area contributed by atoms with Gasteiger partial charge in [-0.1, -0.05) is 12.1 Å². The van der Waals surface area contributed by atoms with E-state index < -0.39 is 5.91 Å². The van der Waals surface area contributed by atoms with Crippen molar-refractivity contribution >= 4 is 11.6 Å². The molecule has 0 spiro atoms. The lowest BCUT2D eigenvalue weighted by Crippen LogP contribution is -2.26. The predicted octanol–water partition coefficient (Wildman–Crippen LogP) is 1.83. The standard InChI is InChI=1S/C15H16N2O3/c1-17(11-4-2-3-10(7-11)9-16)15(20)13-8-12(18)5-6-14(13)19/h2-8,18-19H,9,16H2,1H3. The molecule has 0 aromatic heterocycles. The van der Waals surface area contributed by atoms with E-state index in [1.165, 1.54) is 23.1 Å². The molecular formula is C15H16N2O3. The highest BCUT2D eigenvalue weighted by Gasteiger charge is 2.18. The predicted molar refractivity (Wildman–Crippen MR) is 76.8 cm³/mol. The minimum atomic E-state index is -0.410. The van der Waals surface area contributed by atoms with Crippen molar-refractivity contribution in [1.29, 1.82) is 0 Å². The van der Waals surface area contributed by atoms with Crippen molar-refractivity contribution in [2.24, 2.45) is 5.73 Å². The van der Waals surface area contributed by atoms with E-state index in [1.807, 2.05) is 12.1 Å². The molecule has 0 bridgehead atoms. The van der Waals surface area contributed by atoms with Crippen LogP contribution in [0.3, 0.4) is 0 Å². The molecule has 0 unspecified atom stereocenters. The van der Waals surface area contributed by atoms with Gasteiger partial charge in [0, 0.05) is 19.3 Å². The number of phenolic OH excluding ortho intramolecular Hbond substituents is 2. The summed E-state index contributed by atoms with van der Waals surface area (Å²) in [6.45, 7) is 0.382. The topological polar surface area (TPSA) is 86.8 Å². The second-order valence-electron chi connectivity index (χ2n) is 4.44. The summed E-state index contributed by atoms with van der Waals surface area (Å²) in [6.07, 6.45) is 0. The van der Waals surface area contributed by atoms with Crippen molar-refractivity contribution < 1.29 is 15.0 Å². The fourth-order valence-corrected chi connectivity index (χ4v) is 1.89. The summed E-state index contributed by atoms with van der Waals surface area (Å²) in [6, 6.07) is 11.1. The molecule has 1 amide bonds. The van der Waals surface area contributed by atoms with Gasteiger partial charge < -0.3 is 20.8 Å². The number of phenols is 2. The summed E-state index contributed by atoms with van der Waals surface area (Å²) >= 11 is 0. The first-order chi connectivity index (χ1) is 9.52. The molecule has 0 heterocycles. The summed E-state index contributed by atoms with van der Waals surface area (Å²) in [4.78, 5) is 13.7. The number of anilines is 1. The molecule has 2 aromatic carbocycles. The van der Waals surface area contributed by atoms with Crippen molar-refractivity contribution in [2.75, 3.05) is 11.9 Å². The molecule has 0 aliphatic rings. The normalized spacial score (nSPS) is 10.3. The number of carbonyl (C=O) groups is 1. The van der Waals surface area contributed by atoms with Gasteiger partial charge in [-0.05, 0) is 35.9 Å². The molecule has 20 heavy (non-hydrogen) atoms. The Kier molecular flexibility index (Phi) is 3.91. The third-order valence-corrected chi connectivity index (χ3v) is 3.05. The summed E-state index contributed by atoms with van der Waals surface area (Å²) in [5.74, 6) is -0.655. The molecule has 104 valence electrons. The molecule has 5 nitrogen and oxygen atoms in total. The Labute approximate surface area is 116 Å². The number of benzene rings is 2. The van der Waals surface area contributed by atoms with Crippen LogP contribution < -0.4 is 10.6 Å². The monoisotopic (exact) mass is 272 g/mol. The third kappa shape index (κ3) is 2.73. The highest BCUT2D eigenvalue weighted by atomic mass is 16.3. The minimum Gasteiger partial charge on any atom is -0.508 e. The molecule has 0 radical (unpaired) electrons. The molecule has 0 saturated carbocycles. The Bertz CT molecular complexity index is 641. The van der Waals surface area contributed by atoms with Gasteiger partial charge >= 0.3 is 0 Å². The van der Waals surface area contributed by atoms with Crippen molar-refractivity contribution in [1.82, 2.24) is 0 Å². The van der Waals surface area contributed by atoms with Gasteiger partial charge in [0.1, 0.15) is 11.5 Å². The van der Waals surface area contributed by atoms with Crippen molar-refractivity contribution in [2.45, 2.75) is 6.54 Å². The third-order valence-electron chi connectivity index (χ3n) is 3.05. The molecule has 0 aliphatic carbocycles. The van der Waals surface area contributed by atoms with E-state index >= 15 is 0 Å². The van der Waals surface area contributed by atoms with Crippen LogP contribution in [-0.4, -0.2) is 23.2 Å². The molecular weight excluding hydrogens is 256 g/mol. The zero-order chi connectivity index (χ0) is 14.7. The van der Waals surface area contributed by atoms with Crippen molar-refractivity contribution in [3.63, 3.8) is 0 Å². The van der Waals surface area contributed by atoms with Crippen LogP contribution in [0.2, 0.25) is 0 Å². The van der Waals surface area contributed by atoms with E-state index in [1.54, 1.807) is 19.2 Å². The van der Waals surface area contributed by atoms with Crippen LogP contribution in [0.1, 0.15) is 15.9 Å². The van der Waals surface area contributed by atoms with Crippen LogP contribution in [0, 0.1) is 0 Å². The Balaban J connectivity index is 2.34. The first-order valence-electron chi connectivity index (χ1n) is 6.12. The van der Waals surface area contributed by atoms with Gasteiger partial charge in [-0.2, -0.15) is 0 Å². The maximum Gasteiger partial charge on any atom is 0.261 e. The van der Waals surface area contributed by atoms with Gasteiger partial charge in [0.05, 0.1) is 5.56 Å². The van der Waals surface area contributed by atoms with Crippen molar-refractivity contribution in [3.8, 4) is 11.5 Å². The smallest absolute Gasteiger partial charge is 0.261 e. The molecule has 4 N–H and O–H groups in total. The van der Waals surface area contributed by atoms with Crippen LogP contribution >= 0.6 is 0 Å². The Hall–Kier alpha value is -2.53. The minimum absolute atomic E-state index is 0.0469. The number of rotatable bonds is 3. The van der Waals surface area contributed by atoms with Gasteiger partial charge in [-0.25, -0.2) is 0 Å². The number of carbonyl (C=O) groups excluding carboxylic acids is 1. The summed E-state index contributed by atoms with van der Waals surface area (Å²) in [5.41, 5.74) is 7.19. The molecule has 0 aliphatic heterocycles. The SMILES string of the molecule is CN(C(=O)c1cc(O)ccc1O)c1cccc(CN)c1. The van der Waals surface area contributed by atoms with Gasteiger partial charge in [0.15, 0.2) is 0 Å². The van der Waals surface area contributed by atoms with E-state index in [4.69, 9.17) is 5.73 Å². The van der Waals surface area contributed by atoms with Crippen LogP contribution in [0.15, 0.2) is 42.5 Å². The zero-order valence-electron chi connectivity index (χ0n) is 11.1. The van der Waals surface area contributed by atoms with E-state index in [2.05, 4.69) is 0 Å². The first-order valence-corrected chi connectivity index (χ1v) is 6.12. The molecule has 2 rings (SSSR count). The van der Waals surface area contributed by atoms with Crippen LogP contribution in [0.4, 0.5) is 5.69 Å². The number of nitrogens with two attached hydrogens (primary N) is 1. The highest BCUT2D eigenvalue weighted by molar-refractivity contribution is 6.07. The molecule has 2 aromatic rings. The number of aromatic hydroxyl groups is 2. The van der Waals surface area contributed by atoms with Crippen LogP contribution in [0.25, 0.3) is 0 Å². The average Bonchev–Trinajstić information content (AvgIpc) is 2.48. The molecule has 0 atom stereocenters. The maximum atomic E-state index is 12.3. The largest absolute Gasteiger partial charge is 0.508 e. The molecule has 5 heteroatoms. The lowest BCUT2D eigenvalue weighted by molar-refractivity contribution is 0.0990. The van der Waals surface area contributed by atoms with Gasteiger partial charge in [-0.15, -0.1) is 0 Å². The Morgan fingerprint density at radius 1 is 1.20 bits per heavy atom. The average molecular weight is 272 g/mol. The Morgan fingerprint density at radius 3 is 2.65 bits per heavy atom. The van der Waals surface area contributed by atoms with E-state index in [0.29, 0.717) is 12.2 Å². The van der Waals surface area contributed by atoms with Crippen LogP contribution in [0.5, 0.6) is 11.5 Å². The summed E-state index contributed by atoms with van der Waals surface area (Å²) in [7, 11) is 1.60. The second kappa shape index (κ2) is 5.63. The maximum absolute atomic E-state index is 12.3. The second-order valence-corrected chi connectivity index (χ2v) is 4.44. The van der Waals surface area contributed by atoms with E-state index in [9.17, 15) is 15.0 Å². The first kappa shape index (κ1) is 13.9. The zero-order valence-corrected chi connectivity index (χ0v) is 11.1. The summed E-state index contributed by atoms with van der Waals surface area (Å²) in [5, 5.41) is 19.1. The van der Waals surface area contributed by atoms with E-state index in [-0.39, 0.29) is 17.1 Å². The number of amides is 1. The fraction of sp³-hybridized carbons (Fsp3) is 0.133. The van der Waals surface area contributed by atoms with Gasteiger partial charge in [0.25, 0.3) is 5.91 Å². The molecule has 0 saturated heterocycles. The summed E-state index contributed by atoms with van der Waals surface area (Å²) < 4.78 is 0.